The molecule has 0 unspecified atom stereocenters. The number of hydrogen-bond donors (Lipinski definition) is 2. The molecule has 1 heterocycles. The van der Waals surface area contributed by atoms with Crippen LogP contribution in [0.1, 0.15) is 37.3 Å². The number of halogens is 1. The maximum Gasteiger partial charge on any atom is 0.191 e. The number of nitrogens with zero attached hydrogens (tertiary/aromatic N) is 2. The number of likely N-dealkylation sites (tertiary alicyclic amines) is 1. The predicted octanol–water partition coefficient (Wildman–Crippen LogP) is 2.72. The minimum absolute atomic E-state index is 0.169. The average Bonchev–Trinajstić information content (AvgIpc) is 3.07. The van der Waals surface area contributed by atoms with Gasteiger partial charge >= 0.3 is 0 Å². The van der Waals surface area contributed by atoms with Gasteiger partial charge in [-0.15, -0.1) is 0 Å². The van der Waals surface area contributed by atoms with Crippen molar-refractivity contribution in [2.24, 2.45) is 4.99 Å². The lowest BCUT2D eigenvalue weighted by atomic mass is 10.1. The van der Waals surface area contributed by atoms with Gasteiger partial charge in [-0.3, -0.25) is 4.99 Å². The predicted molar refractivity (Wildman–Crippen MR) is 99.1 cm³/mol. The molecule has 2 N–H and O–H groups in total. The molecule has 4 nitrogen and oxygen atoms in total. The fourth-order valence-electron chi connectivity index (χ4n) is 3.09. The minimum Gasteiger partial charge on any atom is -0.357 e. The maximum atomic E-state index is 13.1. The summed E-state index contributed by atoms with van der Waals surface area (Å²) in [6.45, 7) is 10.2. The highest BCUT2D eigenvalue weighted by atomic mass is 19.1. The largest absolute Gasteiger partial charge is 0.357 e. The van der Waals surface area contributed by atoms with Gasteiger partial charge in [-0.05, 0) is 82.4 Å². The molecule has 1 aliphatic heterocycles. The van der Waals surface area contributed by atoms with Crippen molar-refractivity contribution in [2.75, 3.05) is 39.3 Å². The molecule has 2 rings (SSSR count). The molecule has 1 fully saturated rings. The highest BCUT2D eigenvalue weighted by molar-refractivity contribution is 5.79. The number of benzene rings is 1. The van der Waals surface area contributed by atoms with Crippen LogP contribution in [0, 0.1) is 12.7 Å². The molecule has 1 saturated heterocycles. The van der Waals surface area contributed by atoms with Crippen LogP contribution in [0.5, 0.6) is 0 Å². The van der Waals surface area contributed by atoms with E-state index >= 15 is 0 Å². The van der Waals surface area contributed by atoms with Crippen LogP contribution in [-0.2, 0) is 6.42 Å². The van der Waals surface area contributed by atoms with E-state index in [0.29, 0.717) is 0 Å². The number of nitrogens with one attached hydrogen (secondary N) is 2. The van der Waals surface area contributed by atoms with Gasteiger partial charge in [-0.2, -0.15) is 0 Å². The van der Waals surface area contributed by atoms with Crippen LogP contribution < -0.4 is 10.6 Å². The van der Waals surface area contributed by atoms with Gasteiger partial charge in [-0.1, -0.05) is 6.07 Å². The van der Waals surface area contributed by atoms with Crippen molar-refractivity contribution in [3.63, 3.8) is 0 Å². The number of aliphatic imine (C=N–C) groups is 1. The highest BCUT2D eigenvalue weighted by Crippen LogP contribution is 2.10. The first kappa shape index (κ1) is 18.7. The lowest BCUT2D eigenvalue weighted by molar-refractivity contribution is 0.336. The summed E-state index contributed by atoms with van der Waals surface area (Å²) in [5.41, 5.74) is 2.18. The average molecular weight is 334 g/mol. The van der Waals surface area contributed by atoms with Gasteiger partial charge < -0.3 is 15.5 Å². The van der Waals surface area contributed by atoms with E-state index in [1.54, 1.807) is 6.07 Å². The number of guanidine groups is 1. The fourth-order valence-corrected chi connectivity index (χ4v) is 3.09. The van der Waals surface area contributed by atoms with E-state index in [1.165, 1.54) is 37.6 Å². The first-order valence-corrected chi connectivity index (χ1v) is 9.18. The van der Waals surface area contributed by atoms with Crippen LogP contribution >= 0.6 is 0 Å². The molecule has 134 valence electrons. The Balaban J connectivity index is 1.72. The summed E-state index contributed by atoms with van der Waals surface area (Å²) >= 11 is 0. The zero-order valence-corrected chi connectivity index (χ0v) is 15.1. The van der Waals surface area contributed by atoms with Gasteiger partial charge in [-0.25, -0.2) is 4.39 Å². The maximum absolute atomic E-state index is 13.1. The van der Waals surface area contributed by atoms with E-state index < -0.39 is 0 Å². The van der Waals surface area contributed by atoms with Gasteiger partial charge in [0.1, 0.15) is 5.82 Å². The van der Waals surface area contributed by atoms with Gasteiger partial charge in [0, 0.05) is 19.6 Å². The van der Waals surface area contributed by atoms with Crippen LogP contribution in [0.15, 0.2) is 23.2 Å². The van der Waals surface area contributed by atoms with Crippen LogP contribution in [0.25, 0.3) is 0 Å². The Bertz CT molecular complexity index is 524. The summed E-state index contributed by atoms with van der Waals surface area (Å²) < 4.78 is 13.1. The second-order valence-electron chi connectivity index (χ2n) is 6.41. The zero-order valence-electron chi connectivity index (χ0n) is 15.1. The number of hydrogen-bond acceptors (Lipinski definition) is 2. The van der Waals surface area contributed by atoms with Crippen molar-refractivity contribution in [3.8, 4) is 0 Å². The van der Waals surface area contributed by atoms with Crippen LogP contribution in [0.3, 0.4) is 0 Å². The van der Waals surface area contributed by atoms with Crippen LogP contribution in [0.2, 0.25) is 0 Å². The monoisotopic (exact) mass is 334 g/mol. The summed E-state index contributed by atoms with van der Waals surface area (Å²) in [5, 5.41) is 6.66. The molecule has 0 amide bonds. The molecule has 0 aliphatic carbocycles. The fraction of sp³-hybridized carbons (Fsp3) is 0.632. The second-order valence-corrected chi connectivity index (χ2v) is 6.41. The second kappa shape index (κ2) is 10.3. The van der Waals surface area contributed by atoms with Gasteiger partial charge in [0.15, 0.2) is 5.96 Å². The molecule has 0 bridgehead atoms. The highest BCUT2D eigenvalue weighted by Gasteiger charge is 2.10. The standard InChI is InChI=1S/C19H31FN4/c1-3-21-19(22-10-6-14-24-12-4-5-13-24)23-11-9-17-7-8-18(20)15-16(17)2/h7-8,15H,3-6,9-14H2,1-2H3,(H2,21,22,23). The minimum atomic E-state index is -0.169. The number of aryl methyl sites for hydroxylation is 1. The smallest absolute Gasteiger partial charge is 0.191 e. The van der Waals surface area contributed by atoms with Crippen molar-refractivity contribution < 1.29 is 4.39 Å². The third-order valence-electron chi connectivity index (χ3n) is 4.44. The van der Waals surface area contributed by atoms with Crippen LogP contribution in [-0.4, -0.2) is 50.1 Å². The lowest BCUT2D eigenvalue weighted by Crippen LogP contribution is -2.38. The van der Waals surface area contributed by atoms with Crippen molar-refractivity contribution in [1.82, 2.24) is 15.5 Å². The van der Waals surface area contributed by atoms with E-state index in [1.807, 2.05) is 13.0 Å². The lowest BCUT2D eigenvalue weighted by Gasteiger charge is -2.14. The summed E-state index contributed by atoms with van der Waals surface area (Å²) in [4.78, 5) is 7.17. The summed E-state index contributed by atoms with van der Waals surface area (Å²) in [6.07, 6.45) is 4.66. The molecular formula is C19H31FN4. The first-order valence-electron chi connectivity index (χ1n) is 9.18. The Hall–Kier alpha value is -1.62. The Morgan fingerprint density at radius 2 is 2.04 bits per heavy atom. The molecule has 0 aromatic heterocycles. The van der Waals surface area contributed by atoms with Crippen molar-refractivity contribution in [1.29, 1.82) is 0 Å². The molecule has 24 heavy (non-hydrogen) atoms. The first-order chi connectivity index (χ1) is 11.7. The summed E-state index contributed by atoms with van der Waals surface area (Å²) in [5.74, 6) is 0.704. The molecule has 0 saturated carbocycles. The molecule has 5 heteroatoms. The van der Waals surface area contributed by atoms with Gasteiger partial charge in [0.25, 0.3) is 0 Å². The molecule has 1 aromatic carbocycles. The quantitative estimate of drug-likeness (QED) is 0.436. The Morgan fingerprint density at radius 1 is 1.25 bits per heavy atom. The van der Waals surface area contributed by atoms with E-state index in [9.17, 15) is 4.39 Å². The Kier molecular flexibility index (Phi) is 8.02. The van der Waals surface area contributed by atoms with E-state index in [2.05, 4.69) is 27.4 Å². The van der Waals surface area contributed by atoms with Crippen molar-refractivity contribution in [3.05, 3.63) is 35.1 Å². The molecule has 0 spiro atoms. The molecule has 0 radical (unpaired) electrons. The Morgan fingerprint density at radius 3 is 2.75 bits per heavy atom. The third-order valence-corrected chi connectivity index (χ3v) is 4.44. The van der Waals surface area contributed by atoms with Crippen molar-refractivity contribution in [2.45, 2.75) is 39.5 Å². The topological polar surface area (TPSA) is 39.7 Å². The summed E-state index contributed by atoms with van der Waals surface area (Å²) in [7, 11) is 0. The van der Waals surface area contributed by atoms with E-state index in [0.717, 1.165) is 50.5 Å². The van der Waals surface area contributed by atoms with Gasteiger partial charge in [0.05, 0.1) is 0 Å². The van der Waals surface area contributed by atoms with E-state index in [-0.39, 0.29) is 5.82 Å². The zero-order chi connectivity index (χ0) is 17.2. The molecular weight excluding hydrogens is 303 g/mol. The molecule has 1 aliphatic rings. The molecule has 0 atom stereocenters. The van der Waals surface area contributed by atoms with Crippen LogP contribution in [0.4, 0.5) is 4.39 Å². The summed E-state index contributed by atoms with van der Waals surface area (Å²) in [6, 6.07) is 4.99. The van der Waals surface area contributed by atoms with Crippen molar-refractivity contribution >= 4 is 5.96 Å². The molecule has 1 aromatic rings. The number of rotatable bonds is 8. The van der Waals surface area contributed by atoms with Gasteiger partial charge in [0.2, 0.25) is 0 Å². The van der Waals surface area contributed by atoms with E-state index in [4.69, 9.17) is 0 Å². The normalized spacial score (nSPS) is 15.7. The Labute approximate surface area is 145 Å². The SMILES string of the molecule is CCNC(=NCCCN1CCCC1)NCCc1ccc(F)cc1C. The third kappa shape index (κ3) is 6.48.